The van der Waals surface area contributed by atoms with Gasteiger partial charge in [-0.2, -0.15) is 0 Å². The van der Waals surface area contributed by atoms with Crippen LogP contribution in [0.2, 0.25) is 0 Å². The highest BCUT2D eigenvalue weighted by molar-refractivity contribution is 5.14. The van der Waals surface area contributed by atoms with Crippen molar-refractivity contribution >= 4 is 0 Å². The molecule has 0 radical (unpaired) electrons. The summed E-state index contributed by atoms with van der Waals surface area (Å²) in [4.78, 5) is 0. The maximum absolute atomic E-state index is 5.94. The summed E-state index contributed by atoms with van der Waals surface area (Å²) in [5, 5.41) is 0. The highest BCUT2D eigenvalue weighted by atomic mass is 16.5. The third-order valence-electron chi connectivity index (χ3n) is 2.93. The van der Waals surface area contributed by atoms with Crippen LogP contribution < -0.4 is 5.73 Å². The number of ether oxygens (including phenoxy) is 1. The summed E-state index contributed by atoms with van der Waals surface area (Å²) in [5.41, 5.74) is 7.14. The van der Waals surface area contributed by atoms with Crippen molar-refractivity contribution in [1.29, 1.82) is 0 Å². The molecule has 2 rings (SSSR count). The van der Waals surface area contributed by atoms with Crippen LogP contribution in [0, 0.1) is 5.92 Å². The minimum absolute atomic E-state index is 0.162. The van der Waals surface area contributed by atoms with E-state index < -0.39 is 0 Å². The second kappa shape index (κ2) is 4.81. The zero-order valence-corrected chi connectivity index (χ0v) is 9.36. The van der Waals surface area contributed by atoms with Crippen molar-refractivity contribution in [2.45, 2.75) is 39.0 Å². The Morgan fingerprint density at radius 3 is 3.07 bits per heavy atom. The van der Waals surface area contributed by atoms with Crippen LogP contribution in [0.5, 0.6) is 0 Å². The molecule has 15 heavy (non-hydrogen) atoms. The fraction of sp³-hybridized carbons (Fsp3) is 0.667. The summed E-state index contributed by atoms with van der Waals surface area (Å²) in [6.07, 6.45) is 7.79. The van der Waals surface area contributed by atoms with Gasteiger partial charge in [0.2, 0.25) is 0 Å². The van der Waals surface area contributed by atoms with Gasteiger partial charge in [-0.05, 0) is 36.8 Å². The van der Waals surface area contributed by atoms with E-state index in [0.717, 1.165) is 18.9 Å². The lowest BCUT2D eigenvalue weighted by Gasteiger charge is -2.06. The molecule has 0 bridgehead atoms. The van der Waals surface area contributed by atoms with E-state index in [4.69, 9.17) is 10.5 Å². The zero-order valence-electron chi connectivity index (χ0n) is 9.36. The van der Waals surface area contributed by atoms with Gasteiger partial charge >= 0.3 is 0 Å². The molecule has 3 nitrogen and oxygen atoms in total. The number of hydrogen-bond donors (Lipinski definition) is 1. The lowest BCUT2D eigenvalue weighted by molar-refractivity contribution is 0.0691. The predicted molar refractivity (Wildman–Crippen MR) is 60.3 cm³/mol. The van der Waals surface area contributed by atoms with Crippen molar-refractivity contribution in [3.8, 4) is 0 Å². The SMILES string of the molecule is CCC(N)c1ccn(COCC2CC2)c1. The van der Waals surface area contributed by atoms with Crippen LogP contribution in [0.1, 0.15) is 37.8 Å². The third-order valence-corrected chi connectivity index (χ3v) is 2.93. The normalized spacial score (nSPS) is 18.0. The summed E-state index contributed by atoms with van der Waals surface area (Å²) in [6, 6.07) is 2.24. The van der Waals surface area contributed by atoms with Crippen molar-refractivity contribution in [1.82, 2.24) is 4.57 Å². The van der Waals surface area contributed by atoms with E-state index in [-0.39, 0.29) is 6.04 Å². The molecule has 1 aromatic heterocycles. The molecule has 0 aliphatic heterocycles. The van der Waals surface area contributed by atoms with E-state index in [1.807, 2.05) is 6.20 Å². The second-order valence-corrected chi connectivity index (χ2v) is 4.42. The molecule has 1 heterocycles. The molecule has 2 N–H and O–H groups in total. The highest BCUT2D eigenvalue weighted by Gasteiger charge is 2.21. The van der Waals surface area contributed by atoms with Crippen LogP contribution in [0.4, 0.5) is 0 Å². The first-order valence-corrected chi connectivity index (χ1v) is 5.78. The quantitative estimate of drug-likeness (QED) is 0.779. The minimum Gasteiger partial charge on any atom is -0.361 e. The van der Waals surface area contributed by atoms with Crippen molar-refractivity contribution in [2.75, 3.05) is 6.61 Å². The molecular weight excluding hydrogens is 188 g/mol. The van der Waals surface area contributed by atoms with Crippen LogP contribution in [0.25, 0.3) is 0 Å². The van der Waals surface area contributed by atoms with E-state index in [9.17, 15) is 0 Å². The molecule has 0 spiro atoms. The summed E-state index contributed by atoms with van der Waals surface area (Å²) in [5.74, 6) is 0.831. The smallest absolute Gasteiger partial charge is 0.122 e. The molecule has 0 aromatic carbocycles. The minimum atomic E-state index is 0.162. The molecule has 1 aliphatic carbocycles. The average molecular weight is 208 g/mol. The van der Waals surface area contributed by atoms with Gasteiger partial charge in [0.1, 0.15) is 6.73 Å². The zero-order chi connectivity index (χ0) is 10.7. The molecule has 1 unspecified atom stereocenters. The van der Waals surface area contributed by atoms with Crippen molar-refractivity contribution in [3.63, 3.8) is 0 Å². The van der Waals surface area contributed by atoms with Crippen molar-refractivity contribution in [2.24, 2.45) is 11.7 Å². The van der Waals surface area contributed by atoms with Gasteiger partial charge in [0, 0.05) is 18.4 Å². The number of hydrogen-bond acceptors (Lipinski definition) is 2. The summed E-state index contributed by atoms with van der Waals surface area (Å²) in [7, 11) is 0. The lowest BCUT2D eigenvalue weighted by Crippen LogP contribution is -2.08. The van der Waals surface area contributed by atoms with Crippen LogP contribution in [0.15, 0.2) is 18.5 Å². The molecule has 1 aliphatic rings. The molecule has 0 saturated heterocycles. The first kappa shape index (κ1) is 10.7. The Labute approximate surface area is 91.2 Å². The van der Waals surface area contributed by atoms with Gasteiger partial charge in [-0.15, -0.1) is 0 Å². The first-order valence-electron chi connectivity index (χ1n) is 5.78. The van der Waals surface area contributed by atoms with Gasteiger partial charge in [-0.25, -0.2) is 0 Å². The molecule has 84 valence electrons. The van der Waals surface area contributed by atoms with Crippen LogP contribution >= 0.6 is 0 Å². The Bertz CT molecular complexity index is 304. The van der Waals surface area contributed by atoms with Gasteiger partial charge in [0.15, 0.2) is 0 Å². The number of aromatic nitrogens is 1. The molecule has 1 fully saturated rings. The maximum atomic E-state index is 5.94. The molecular formula is C12H20N2O. The number of nitrogens with two attached hydrogens (primary N) is 1. The standard InChI is InChI=1S/C12H20N2O/c1-2-12(13)11-5-6-14(7-11)9-15-8-10-3-4-10/h5-7,10,12H,2-4,8-9,13H2,1H3. The largest absolute Gasteiger partial charge is 0.361 e. The molecule has 1 saturated carbocycles. The van der Waals surface area contributed by atoms with Crippen LogP contribution in [-0.4, -0.2) is 11.2 Å². The Balaban J connectivity index is 1.77. The van der Waals surface area contributed by atoms with Gasteiger partial charge in [0.05, 0.1) is 6.61 Å². The Morgan fingerprint density at radius 1 is 1.60 bits per heavy atom. The fourth-order valence-electron chi connectivity index (χ4n) is 1.60. The second-order valence-electron chi connectivity index (χ2n) is 4.42. The molecule has 1 aromatic rings. The van der Waals surface area contributed by atoms with E-state index in [0.29, 0.717) is 6.73 Å². The third kappa shape index (κ3) is 3.08. The molecule has 1 atom stereocenters. The Morgan fingerprint density at radius 2 is 2.40 bits per heavy atom. The Kier molecular flexibility index (Phi) is 3.44. The van der Waals surface area contributed by atoms with E-state index in [1.165, 1.54) is 18.4 Å². The van der Waals surface area contributed by atoms with E-state index in [1.54, 1.807) is 0 Å². The summed E-state index contributed by atoms with van der Waals surface area (Å²) in [6.45, 7) is 3.67. The van der Waals surface area contributed by atoms with Crippen molar-refractivity contribution < 1.29 is 4.74 Å². The molecule has 3 heteroatoms. The summed E-state index contributed by atoms with van der Waals surface area (Å²) >= 11 is 0. The predicted octanol–water partition coefficient (Wildman–Crippen LogP) is 2.28. The van der Waals surface area contributed by atoms with E-state index >= 15 is 0 Å². The highest BCUT2D eigenvalue weighted by Crippen LogP contribution is 2.28. The summed E-state index contributed by atoms with van der Waals surface area (Å²) < 4.78 is 7.66. The van der Waals surface area contributed by atoms with Crippen LogP contribution in [0.3, 0.4) is 0 Å². The Hall–Kier alpha value is -0.800. The lowest BCUT2D eigenvalue weighted by atomic mass is 10.1. The van der Waals surface area contributed by atoms with Gasteiger partial charge in [0.25, 0.3) is 0 Å². The first-order chi connectivity index (χ1) is 7.29. The van der Waals surface area contributed by atoms with E-state index in [2.05, 4.69) is 23.8 Å². The number of rotatable bonds is 6. The van der Waals surface area contributed by atoms with Crippen molar-refractivity contribution in [3.05, 3.63) is 24.0 Å². The van der Waals surface area contributed by atoms with Crippen LogP contribution in [-0.2, 0) is 11.5 Å². The fourth-order valence-corrected chi connectivity index (χ4v) is 1.60. The average Bonchev–Trinajstić information content (AvgIpc) is 2.94. The number of nitrogens with zero attached hydrogens (tertiary/aromatic N) is 1. The van der Waals surface area contributed by atoms with Gasteiger partial charge in [-0.3, -0.25) is 0 Å². The monoisotopic (exact) mass is 208 g/mol. The maximum Gasteiger partial charge on any atom is 0.122 e. The topological polar surface area (TPSA) is 40.2 Å². The van der Waals surface area contributed by atoms with Gasteiger partial charge < -0.3 is 15.0 Å². The molecule has 0 amide bonds. The van der Waals surface area contributed by atoms with Gasteiger partial charge in [-0.1, -0.05) is 6.92 Å².